The average molecular weight is 261 g/mol. The lowest BCUT2D eigenvalue weighted by atomic mass is 9.94. The molecule has 1 aliphatic heterocycles. The van der Waals surface area contributed by atoms with Gasteiger partial charge in [-0.05, 0) is 32.3 Å². The van der Waals surface area contributed by atoms with E-state index in [0.29, 0.717) is 18.5 Å². The average Bonchev–Trinajstić information content (AvgIpc) is 2.88. The van der Waals surface area contributed by atoms with Crippen molar-refractivity contribution >= 4 is 11.7 Å². The van der Waals surface area contributed by atoms with Crippen molar-refractivity contribution < 1.29 is 14.7 Å². The number of amides is 1. The van der Waals surface area contributed by atoms with E-state index < -0.39 is 11.5 Å². The maximum Gasteiger partial charge on any atom is 0.259 e. The van der Waals surface area contributed by atoms with Crippen LogP contribution in [0.5, 0.6) is 0 Å². The minimum atomic E-state index is -1.58. The summed E-state index contributed by atoms with van der Waals surface area (Å²) in [4.78, 5) is 25.6. The van der Waals surface area contributed by atoms with E-state index in [2.05, 4.69) is 0 Å². The summed E-state index contributed by atoms with van der Waals surface area (Å²) in [7, 11) is 0. The van der Waals surface area contributed by atoms with Gasteiger partial charge in [0.15, 0.2) is 11.4 Å². The third kappa shape index (κ3) is 2.54. The Balaban J connectivity index is 2.26. The Labute approximate surface area is 113 Å². The van der Waals surface area contributed by atoms with Crippen LogP contribution in [0, 0.1) is 0 Å². The molecule has 1 saturated heterocycles. The molecular weight excluding hydrogens is 242 g/mol. The maximum absolute atomic E-state index is 12.5. The van der Waals surface area contributed by atoms with Crippen molar-refractivity contribution in [1.82, 2.24) is 4.90 Å². The van der Waals surface area contributed by atoms with Crippen LogP contribution < -0.4 is 0 Å². The third-order valence-electron chi connectivity index (χ3n) is 3.74. The van der Waals surface area contributed by atoms with Crippen LogP contribution >= 0.6 is 0 Å². The molecule has 0 aliphatic carbocycles. The van der Waals surface area contributed by atoms with Crippen LogP contribution in [0.25, 0.3) is 0 Å². The van der Waals surface area contributed by atoms with Gasteiger partial charge in [-0.15, -0.1) is 0 Å². The molecule has 1 amide bonds. The van der Waals surface area contributed by atoms with Crippen LogP contribution in [0.3, 0.4) is 0 Å². The van der Waals surface area contributed by atoms with Crippen molar-refractivity contribution in [3.8, 4) is 0 Å². The fourth-order valence-corrected chi connectivity index (χ4v) is 2.60. The first-order valence-electron chi connectivity index (χ1n) is 6.54. The zero-order valence-electron chi connectivity index (χ0n) is 11.3. The van der Waals surface area contributed by atoms with Crippen molar-refractivity contribution in [2.75, 3.05) is 6.54 Å². The van der Waals surface area contributed by atoms with Gasteiger partial charge in [-0.2, -0.15) is 0 Å². The predicted molar refractivity (Wildman–Crippen MR) is 71.4 cm³/mol. The highest BCUT2D eigenvalue weighted by atomic mass is 16.3. The lowest BCUT2D eigenvalue weighted by Crippen LogP contribution is -2.49. The van der Waals surface area contributed by atoms with E-state index in [0.717, 1.165) is 6.42 Å². The second-order valence-electron chi connectivity index (χ2n) is 5.21. The third-order valence-corrected chi connectivity index (χ3v) is 3.74. The quantitative estimate of drug-likeness (QED) is 0.896. The van der Waals surface area contributed by atoms with Gasteiger partial charge in [-0.1, -0.05) is 30.3 Å². The van der Waals surface area contributed by atoms with Gasteiger partial charge in [0, 0.05) is 6.54 Å². The summed E-state index contributed by atoms with van der Waals surface area (Å²) in [5, 5.41) is 10.5. The molecule has 2 atom stereocenters. The van der Waals surface area contributed by atoms with Crippen molar-refractivity contribution in [3.05, 3.63) is 35.9 Å². The molecule has 4 heteroatoms. The zero-order chi connectivity index (χ0) is 14.0. The Bertz CT molecular complexity index is 481. The van der Waals surface area contributed by atoms with E-state index in [4.69, 9.17) is 0 Å². The standard InChI is InChI=1S/C15H19NO3/c1-11(17)13-9-6-10-16(13)14(18)15(2,19)12-7-4-3-5-8-12/h3-5,7-8,13,19H,6,9-10H2,1-2H3/t13-,15+/m0/s1. The van der Waals surface area contributed by atoms with Gasteiger partial charge in [0.25, 0.3) is 5.91 Å². The van der Waals surface area contributed by atoms with Crippen LogP contribution in [0.1, 0.15) is 32.3 Å². The van der Waals surface area contributed by atoms with Gasteiger partial charge < -0.3 is 10.0 Å². The second-order valence-corrected chi connectivity index (χ2v) is 5.21. The summed E-state index contributed by atoms with van der Waals surface area (Å²) in [6, 6.07) is 8.45. The van der Waals surface area contributed by atoms with E-state index >= 15 is 0 Å². The molecule has 1 fully saturated rings. The molecule has 1 aromatic carbocycles. The fourth-order valence-electron chi connectivity index (χ4n) is 2.60. The summed E-state index contributed by atoms with van der Waals surface area (Å²) in [6.07, 6.45) is 1.49. The molecule has 102 valence electrons. The zero-order valence-corrected chi connectivity index (χ0v) is 11.3. The van der Waals surface area contributed by atoms with Gasteiger partial charge in [0.1, 0.15) is 0 Å². The van der Waals surface area contributed by atoms with Gasteiger partial charge in [0.05, 0.1) is 6.04 Å². The topological polar surface area (TPSA) is 57.6 Å². The second kappa shape index (κ2) is 5.13. The molecule has 0 aromatic heterocycles. The number of carbonyl (C=O) groups excluding carboxylic acids is 2. The molecule has 0 unspecified atom stereocenters. The van der Waals surface area contributed by atoms with Crippen LogP contribution in [0.4, 0.5) is 0 Å². The number of hydrogen-bond donors (Lipinski definition) is 1. The number of nitrogens with zero attached hydrogens (tertiary/aromatic N) is 1. The predicted octanol–water partition coefficient (Wildman–Crippen LogP) is 1.47. The SMILES string of the molecule is CC(=O)[C@@H]1CCCN1C(=O)[C@](C)(O)c1ccccc1. The molecule has 2 rings (SSSR count). The summed E-state index contributed by atoms with van der Waals surface area (Å²) < 4.78 is 0. The number of hydrogen-bond acceptors (Lipinski definition) is 3. The molecule has 0 saturated carbocycles. The molecule has 1 heterocycles. The number of carbonyl (C=O) groups is 2. The molecule has 0 spiro atoms. The van der Waals surface area contributed by atoms with Crippen LogP contribution in [0.15, 0.2) is 30.3 Å². The van der Waals surface area contributed by atoms with Gasteiger partial charge in [-0.3, -0.25) is 9.59 Å². The van der Waals surface area contributed by atoms with Crippen LogP contribution in [-0.4, -0.2) is 34.3 Å². The minimum absolute atomic E-state index is 0.0188. The molecule has 1 N–H and O–H groups in total. The van der Waals surface area contributed by atoms with Crippen molar-refractivity contribution in [2.45, 2.75) is 38.3 Å². The first-order valence-corrected chi connectivity index (χ1v) is 6.54. The van der Waals surface area contributed by atoms with E-state index in [9.17, 15) is 14.7 Å². The highest BCUT2D eigenvalue weighted by Gasteiger charge is 2.41. The van der Waals surface area contributed by atoms with Crippen LogP contribution in [0.2, 0.25) is 0 Å². The monoisotopic (exact) mass is 261 g/mol. The maximum atomic E-state index is 12.5. The van der Waals surface area contributed by atoms with Crippen molar-refractivity contribution in [2.24, 2.45) is 0 Å². The van der Waals surface area contributed by atoms with Gasteiger partial charge in [-0.25, -0.2) is 0 Å². The van der Waals surface area contributed by atoms with E-state index in [1.54, 1.807) is 24.3 Å². The van der Waals surface area contributed by atoms with E-state index in [-0.39, 0.29) is 11.8 Å². The van der Waals surface area contributed by atoms with E-state index in [1.165, 1.54) is 18.7 Å². The highest BCUT2D eigenvalue weighted by Crippen LogP contribution is 2.28. The Morgan fingerprint density at radius 3 is 2.53 bits per heavy atom. The summed E-state index contributed by atoms with van der Waals surface area (Å²) in [5.74, 6) is -0.411. The molecule has 1 aliphatic rings. The normalized spacial score (nSPS) is 22.1. The number of likely N-dealkylation sites (tertiary alicyclic amines) is 1. The van der Waals surface area contributed by atoms with Crippen molar-refractivity contribution in [1.29, 1.82) is 0 Å². The van der Waals surface area contributed by atoms with E-state index in [1.807, 2.05) is 6.07 Å². The van der Waals surface area contributed by atoms with Gasteiger partial charge in [0.2, 0.25) is 0 Å². The largest absolute Gasteiger partial charge is 0.376 e. The van der Waals surface area contributed by atoms with Crippen LogP contribution in [-0.2, 0) is 15.2 Å². The molecule has 0 bridgehead atoms. The number of aliphatic hydroxyl groups is 1. The Kier molecular flexibility index (Phi) is 3.71. The smallest absolute Gasteiger partial charge is 0.259 e. The lowest BCUT2D eigenvalue weighted by Gasteiger charge is -2.31. The number of Topliss-reactive ketones (excluding diaryl/α,β-unsaturated/α-hetero) is 1. The first kappa shape index (κ1) is 13.7. The first-order chi connectivity index (χ1) is 8.94. The Hall–Kier alpha value is -1.68. The molecule has 1 aromatic rings. The number of benzene rings is 1. The summed E-state index contributed by atoms with van der Waals surface area (Å²) in [5.41, 5.74) is -1.03. The summed E-state index contributed by atoms with van der Waals surface area (Å²) >= 11 is 0. The van der Waals surface area contributed by atoms with Gasteiger partial charge >= 0.3 is 0 Å². The van der Waals surface area contributed by atoms with Crippen molar-refractivity contribution in [3.63, 3.8) is 0 Å². The minimum Gasteiger partial charge on any atom is -0.376 e. The Morgan fingerprint density at radius 2 is 1.95 bits per heavy atom. The highest BCUT2D eigenvalue weighted by molar-refractivity contribution is 5.92. The number of ketones is 1. The molecule has 0 radical (unpaired) electrons. The molecule has 19 heavy (non-hydrogen) atoms. The fraction of sp³-hybridized carbons (Fsp3) is 0.467. The molecule has 4 nitrogen and oxygen atoms in total. The lowest BCUT2D eigenvalue weighted by molar-refractivity contribution is -0.153. The number of rotatable bonds is 3. The Morgan fingerprint density at radius 1 is 1.32 bits per heavy atom. The summed E-state index contributed by atoms with van der Waals surface area (Å²) in [6.45, 7) is 3.51. The molecular formula is C15H19NO3.